The zero-order valence-electron chi connectivity index (χ0n) is 13.0. The second-order valence-electron chi connectivity index (χ2n) is 6.44. The monoisotopic (exact) mass is 298 g/mol. The molecule has 1 aromatic rings. The number of amides is 1. The van der Waals surface area contributed by atoms with Crippen LogP contribution >= 0.6 is 0 Å². The van der Waals surface area contributed by atoms with Gasteiger partial charge in [-0.05, 0) is 25.3 Å². The van der Waals surface area contributed by atoms with Crippen molar-refractivity contribution in [2.24, 2.45) is 5.41 Å². The number of rotatable bonds is 2. The van der Waals surface area contributed by atoms with Crippen molar-refractivity contribution in [2.45, 2.75) is 44.8 Å². The minimum atomic E-state index is -0.799. The molecular formula is C18H22N2O2. The van der Waals surface area contributed by atoms with Crippen LogP contribution in [0.3, 0.4) is 0 Å². The third-order valence-corrected chi connectivity index (χ3v) is 4.95. The van der Waals surface area contributed by atoms with Crippen molar-refractivity contribution in [2.75, 3.05) is 13.2 Å². The van der Waals surface area contributed by atoms with Crippen LogP contribution in [0.1, 0.15) is 44.3 Å². The van der Waals surface area contributed by atoms with Crippen LogP contribution in [-0.2, 0) is 9.53 Å². The van der Waals surface area contributed by atoms with Crippen LogP contribution in [0, 0.1) is 16.7 Å². The van der Waals surface area contributed by atoms with Gasteiger partial charge in [0.25, 0.3) is 0 Å². The van der Waals surface area contributed by atoms with Gasteiger partial charge in [-0.2, -0.15) is 5.26 Å². The number of nitriles is 1. The van der Waals surface area contributed by atoms with E-state index in [9.17, 15) is 10.1 Å². The molecule has 1 heterocycles. The number of morpholine rings is 1. The molecule has 22 heavy (non-hydrogen) atoms. The van der Waals surface area contributed by atoms with E-state index >= 15 is 0 Å². The van der Waals surface area contributed by atoms with E-state index < -0.39 is 5.41 Å². The van der Waals surface area contributed by atoms with Crippen molar-refractivity contribution in [3.63, 3.8) is 0 Å². The molecular weight excluding hydrogens is 276 g/mol. The third-order valence-electron chi connectivity index (χ3n) is 4.95. The Morgan fingerprint density at radius 1 is 1.32 bits per heavy atom. The Balaban J connectivity index is 1.80. The first-order chi connectivity index (χ1) is 10.7. The maximum atomic E-state index is 13.0. The summed E-state index contributed by atoms with van der Waals surface area (Å²) in [5, 5.41) is 9.56. The van der Waals surface area contributed by atoms with Gasteiger partial charge < -0.3 is 9.64 Å². The Bertz CT molecular complexity index is 572. The number of hydrogen-bond acceptors (Lipinski definition) is 3. The molecule has 116 valence electrons. The summed E-state index contributed by atoms with van der Waals surface area (Å²) >= 11 is 0. The van der Waals surface area contributed by atoms with E-state index in [4.69, 9.17) is 4.74 Å². The summed E-state index contributed by atoms with van der Waals surface area (Å²) < 4.78 is 5.91. The summed E-state index contributed by atoms with van der Waals surface area (Å²) in [7, 11) is 0. The predicted octanol–water partition coefficient (Wildman–Crippen LogP) is 3.06. The van der Waals surface area contributed by atoms with Crippen LogP contribution < -0.4 is 0 Å². The van der Waals surface area contributed by atoms with E-state index in [0.717, 1.165) is 18.4 Å². The molecule has 2 aliphatic rings. The Morgan fingerprint density at radius 3 is 2.64 bits per heavy atom. The Labute approximate surface area is 131 Å². The van der Waals surface area contributed by atoms with E-state index in [-0.39, 0.29) is 18.1 Å². The van der Waals surface area contributed by atoms with E-state index in [1.807, 2.05) is 42.2 Å². The molecule has 1 saturated heterocycles. The van der Waals surface area contributed by atoms with Gasteiger partial charge in [-0.1, -0.05) is 43.2 Å². The molecule has 2 unspecified atom stereocenters. The van der Waals surface area contributed by atoms with Gasteiger partial charge in [0.15, 0.2) is 0 Å². The summed E-state index contributed by atoms with van der Waals surface area (Å²) in [5.74, 6) is 0.00392. The fourth-order valence-electron chi connectivity index (χ4n) is 3.54. The van der Waals surface area contributed by atoms with Gasteiger partial charge in [-0.3, -0.25) is 4.79 Å². The minimum absolute atomic E-state index is 0.00392. The standard InChI is InChI=1S/C18H22N2O2/c1-14-12-22-16(15-7-3-2-4-8-15)11-20(14)17(21)18(13-19)9-5-6-10-18/h2-4,7-8,14,16H,5-6,9-12H2,1H3. The van der Waals surface area contributed by atoms with Gasteiger partial charge in [0, 0.05) is 0 Å². The molecule has 4 heteroatoms. The molecule has 0 bridgehead atoms. The van der Waals surface area contributed by atoms with Gasteiger partial charge in [0.05, 0.1) is 25.3 Å². The predicted molar refractivity (Wildman–Crippen MR) is 82.8 cm³/mol. The number of benzene rings is 1. The number of carbonyl (C=O) groups is 1. The van der Waals surface area contributed by atoms with E-state index in [0.29, 0.717) is 26.0 Å². The largest absolute Gasteiger partial charge is 0.370 e. The maximum Gasteiger partial charge on any atom is 0.243 e. The summed E-state index contributed by atoms with van der Waals surface area (Å²) in [6.07, 6.45) is 3.24. The highest BCUT2D eigenvalue weighted by molar-refractivity contribution is 5.86. The van der Waals surface area contributed by atoms with Crippen LogP contribution in [0.15, 0.2) is 30.3 Å². The van der Waals surface area contributed by atoms with Gasteiger partial charge in [-0.15, -0.1) is 0 Å². The summed E-state index contributed by atoms with van der Waals surface area (Å²) in [4.78, 5) is 14.9. The van der Waals surface area contributed by atoms with Crippen molar-refractivity contribution < 1.29 is 9.53 Å². The number of carbonyl (C=O) groups excluding carboxylic acids is 1. The molecule has 3 rings (SSSR count). The summed E-state index contributed by atoms with van der Waals surface area (Å²) in [6, 6.07) is 12.3. The van der Waals surface area contributed by atoms with Crippen molar-refractivity contribution in [3.05, 3.63) is 35.9 Å². The highest BCUT2D eigenvalue weighted by Gasteiger charge is 2.46. The van der Waals surface area contributed by atoms with Crippen LogP contribution in [0.25, 0.3) is 0 Å². The smallest absolute Gasteiger partial charge is 0.243 e. The summed E-state index contributed by atoms with van der Waals surface area (Å²) in [6.45, 7) is 3.05. The Morgan fingerprint density at radius 2 is 2.00 bits per heavy atom. The Kier molecular flexibility index (Phi) is 4.17. The lowest BCUT2D eigenvalue weighted by Gasteiger charge is -2.41. The van der Waals surface area contributed by atoms with E-state index in [2.05, 4.69) is 6.07 Å². The lowest BCUT2D eigenvalue weighted by Crippen LogP contribution is -2.52. The van der Waals surface area contributed by atoms with Gasteiger partial charge in [0.2, 0.25) is 5.91 Å². The maximum absolute atomic E-state index is 13.0. The molecule has 0 aromatic heterocycles. The topological polar surface area (TPSA) is 53.3 Å². The highest BCUT2D eigenvalue weighted by atomic mass is 16.5. The molecule has 1 aliphatic heterocycles. The van der Waals surface area contributed by atoms with Crippen molar-refractivity contribution in [1.82, 2.24) is 4.90 Å². The molecule has 1 aliphatic carbocycles. The molecule has 1 aromatic carbocycles. The zero-order valence-corrected chi connectivity index (χ0v) is 13.0. The van der Waals surface area contributed by atoms with Crippen molar-refractivity contribution >= 4 is 5.91 Å². The Hall–Kier alpha value is -1.86. The first kappa shape index (κ1) is 15.1. The third kappa shape index (κ3) is 2.62. The number of hydrogen-bond donors (Lipinski definition) is 0. The summed E-state index contributed by atoms with van der Waals surface area (Å²) in [5.41, 5.74) is 0.289. The van der Waals surface area contributed by atoms with Gasteiger partial charge in [-0.25, -0.2) is 0 Å². The van der Waals surface area contributed by atoms with E-state index in [1.54, 1.807) is 0 Å². The van der Waals surface area contributed by atoms with Gasteiger partial charge >= 0.3 is 0 Å². The average molecular weight is 298 g/mol. The molecule has 2 fully saturated rings. The molecule has 1 amide bonds. The zero-order chi connectivity index (χ0) is 15.6. The van der Waals surface area contributed by atoms with Crippen molar-refractivity contribution in [1.29, 1.82) is 5.26 Å². The fraction of sp³-hybridized carbons (Fsp3) is 0.556. The molecule has 1 saturated carbocycles. The minimum Gasteiger partial charge on any atom is -0.370 e. The molecule has 0 spiro atoms. The molecule has 0 N–H and O–H groups in total. The number of ether oxygens (including phenoxy) is 1. The molecule has 4 nitrogen and oxygen atoms in total. The SMILES string of the molecule is CC1COC(c2ccccc2)CN1C(=O)C1(C#N)CCCC1. The number of nitrogens with zero attached hydrogens (tertiary/aromatic N) is 2. The van der Waals surface area contributed by atoms with Crippen molar-refractivity contribution in [3.8, 4) is 6.07 Å². The van der Waals surface area contributed by atoms with E-state index in [1.165, 1.54) is 0 Å². The fourth-order valence-corrected chi connectivity index (χ4v) is 3.54. The quantitative estimate of drug-likeness (QED) is 0.843. The van der Waals surface area contributed by atoms with Crippen LogP contribution in [0.5, 0.6) is 0 Å². The van der Waals surface area contributed by atoms with Crippen LogP contribution in [-0.4, -0.2) is 30.0 Å². The average Bonchev–Trinajstić information content (AvgIpc) is 3.06. The van der Waals surface area contributed by atoms with Crippen LogP contribution in [0.2, 0.25) is 0 Å². The molecule has 0 radical (unpaired) electrons. The second kappa shape index (κ2) is 6.10. The highest BCUT2D eigenvalue weighted by Crippen LogP contribution is 2.40. The van der Waals surface area contributed by atoms with Gasteiger partial charge in [0.1, 0.15) is 11.5 Å². The normalized spacial score (nSPS) is 27.4. The molecule has 2 atom stereocenters. The lowest BCUT2D eigenvalue weighted by molar-refractivity contribution is -0.152. The lowest BCUT2D eigenvalue weighted by atomic mass is 9.85. The first-order valence-corrected chi connectivity index (χ1v) is 8.05. The second-order valence-corrected chi connectivity index (χ2v) is 6.44. The first-order valence-electron chi connectivity index (χ1n) is 8.05. The van der Waals surface area contributed by atoms with Crippen LogP contribution in [0.4, 0.5) is 0 Å².